The molecule has 6 nitrogen and oxygen atoms in total. The van der Waals surface area contributed by atoms with Crippen LogP contribution in [0.25, 0.3) is 0 Å². The summed E-state index contributed by atoms with van der Waals surface area (Å²) in [5.41, 5.74) is 0.355. The lowest BCUT2D eigenvalue weighted by molar-refractivity contribution is -0.133. The van der Waals surface area contributed by atoms with Crippen LogP contribution in [-0.2, 0) is 9.53 Å². The van der Waals surface area contributed by atoms with E-state index in [4.69, 9.17) is 9.73 Å². The molecule has 2 fully saturated rings. The van der Waals surface area contributed by atoms with E-state index < -0.39 is 0 Å². The number of nitrogens with zero attached hydrogens (tertiary/aromatic N) is 2. The third kappa shape index (κ3) is 6.92. The van der Waals surface area contributed by atoms with Gasteiger partial charge in [0.2, 0.25) is 5.91 Å². The Balaban J connectivity index is 0.00000312. The van der Waals surface area contributed by atoms with Gasteiger partial charge in [0.25, 0.3) is 0 Å². The van der Waals surface area contributed by atoms with Gasteiger partial charge in [-0.25, -0.2) is 0 Å². The summed E-state index contributed by atoms with van der Waals surface area (Å²) in [5.74, 6) is 1.20. The molecule has 1 aliphatic heterocycles. The standard InChI is InChI=1S/C18H34N4O2.HI/c1-5-19-17(20-13-18(7-8-18)9-11-24-4)21-15-6-10-22(12-15)16(23)14(2)3;/h14-15H,5-13H2,1-4H3,(H2,19,20,21);1H. The summed E-state index contributed by atoms with van der Waals surface area (Å²) in [6.07, 6.45) is 4.57. The third-order valence-electron chi connectivity index (χ3n) is 5.05. The number of rotatable bonds is 8. The highest BCUT2D eigenvalue weighted by Crippen LogP contribution is 2.48. The summed E-state index contributed by atoms with van der Waals surface area (Å²) in [4.78, 5) is 18.9. The lowest BCUT2D eigenvalue weighted by Gasteiger charge is -2.21. The van der Waals surface area contributed by atoms with E-state index in [0.717, 1.165) is 51.6 Å². The molecular weight excluding hydrogens is 431 g/mol. The van der Waals surface area contributed by atoms with Crippen molar-refractivity contribution in [3.63, 3.8) is 0 Å². The molecule has 0 spiro atoms. The van der Waals surface area contributed by atoms with Gasteiger partial charge in [-0.3, -0.25) is 9.79 Å². The van der Waals surface area contributed by atoms with Gasteiger partial charge in [0, 0.05) is 51.9 Å². The van der Waals surface area contributed by atoms with Crippen molar-refractivity contribution in [1.29, 1.82) is 0 Å². The molecule has 1 unspecified atom stereocenters. The first kappa shape index (κ1) is 22.5. The number of halogens is 1. The van der Waals surface area contributed by atoms with Crippen LogP contribution in [0.2, 0.25) is 0 Å². The van der Waals surface area contributed by atoms with E-state index in [9.17, 15) is 4.79 Å². The third-order valence-corrected chi connectivity index (χ3v) is 5.05. The second-order valence-corrected chi connectivity index (χ2v) is 7.51. The molecule has 2 aliphatic rings. The summed E-state index contributed by atoms with van der Waals surface area (Å²) >= 11 is 0. The minimum atomic E-state index is 0. The van der Waals surface area contributed by atoms with Gasteiger partial charge in [-0.1, -0.05) is 13.8 Å². The summed E-state index contributed by atoms with van der Waals surface area (Å²) in [6, 6.07) is 0.291. The number of nitrogens with one attached hydrogen (secondary N) is 2. The van der Waals surface area contributed by atoms with E-state index in [2.05, 4.69) is 17.6 Å². The number of amides is 1. The summed E-state index contributed by atoms with van der Waals surface area (Å²) in [7, 11) is 1.76. The number of carbonyl (C=O) groups is 1. The fraction of sp³-hybridized carbons (Fsp3) is 0.889. The highest BCUT2D eigenvalue weighted by atomic mass is 127. The molecule has 1 atom stereocenters. The first-order valence-corrected chi connectivity index (χ1v) is 9.32. The maximum absolute atomic E-state index is 12.1. The molecule has 1 saturated carbocycles. The van der Waals surface area contributed by atoms with Crippen LogP contribution >= 0.6 is 24.0 Å². The van der Waals surface area contributed by atoms with E-state index >= 15 is 0 Å². The van der Waals surface area contributed by atoms with Crippen LogP contribution in [0.1, 0.15) is 46.5 Å². The minimum absolute atomic E-state index is 0. The van der Waals surface area contributed by atoms with Crippen molar-refractivity contribution in [2.24, 2.45) is 16.3 Å². The van der Waals surface area contributed by atoms with Crippen LogP contribution in [-0.4, -0.2) is 62.7 Å². The molecule has 25 heavy (non-hydrogen) atoms. The summed E-state index contributed by atoms with van der Waals surface area (Å²) in [5, 5.41) is 6.85. The summed E-state index contributed by atoms with van der Waals surface area (Å²) < 4.78 is 5.22. The van der Waals surface area contributed by atoms with Crippen molar-refractivity contribution in [3.05, 3.63) is 0 Å². The maximum Gasteiger partial charge on any atom is 0.225 e. The second-order valence-electron chi connectivity index (χ2n) is 7.51. The van der Waals surface area contributed by atoms with E-state index in [1.165, 1.54) is 12.8 Å². The summed E-state index contributed by atoms with van der Waals surface area (Å²) in [6.45, 7) is 10.1. The Labute approximate surface area is 169 Å². The zero-order valence-electron chi connectivity index (χ0n) is 16.1. The van der Waals surface area contributed by atoms with Crippen LogP contribution in [0.5, 0.6) is 0 Å². The van der Waals surface area contributed by atoms with Crippen molar-refractivity contribution in [3.8, 4) is 0 Å². The van der Waals surface area contributed by atoms with E-state index in [1.807, 2.05) is 18.7 Å². The molecule has 1 heterocycles. The van der Waals surface area contributed by atoms with Gasteiger partial charge >= 0.3 is 0 Å². The van der Waals surface area contributed by atoms with Crippen LogP contribution in [0.15, 0.2) is 4.99 Å². The van der Waals surface area contributed by atoms with Crippen LogP contribution < -0.4 is 10.6 Å². The zero-order valence-corrected chi connectivity index (χ0v) is 18.5. The molecule has 2 N–H and O–H groups in total. The molecular formula is C18H35IN4O2. The van der Waals surface area contributed by atoms with Gasteiger partial charge in [0.05, 0.1) is 0 Å². The average molecular weight is 466 g/mol. The highest BCUT2D eigenvalue weighted by molar-refractivity contribution is 14.0. The molecule has 1 aliphatic carbocycles. The highest BCUT2D eigenvalue weighted by Gasteiger charge is 2.42. The monoisotopic (exact) mass is 466 g/mol. The Kier molecular flexibility index (Phi) is 9.48. The van der Waals surface area contributed by atoms with E-state index in [1.54, 1.807) is 7.11 Å². The zero-order chi connectivity index (χ0) is 17.6. The average Bonchev–Trinajstić information content (AvgIpc) is 3.19. The predicted octanol–water partition coefficient (Wildman–Crippen LogP) is 2.23. The molecule has 0 aromatic rings. The quantitative estimate of drug-likeness (QED) is 0.327. The number of methoxy groups -OCH3 is 1. The van der Waals surface area contributed by atoms with Crippen molar-refractivity contribution in [2.75, 3.05) is 39.9 Å². The lowest BCUT2D eigenvalue weighted by atomic mass is 10.0. The van der Waals surface area contributed by atoms with Gasteiger partial charge in [0.15, 0.2) is 5.96 Å². The topological polar surface area (TPSA) is 66.0 Å². The normalized spacial score (nSPS) is 21.9. The second kappa shape index (κ2) is 10.5. The molecule has 0 bridgehead atoms. The van der Waals surface area contributed by atoms with Crippen LogP contribution in [0.3, 0.4) is 0 Å². The SMILES string of the molecule is CCNC(=NCC1(CCOC)CC1)NC1CCN(C(=O)C(C)C)C1.I. The smallest absolute Gasteiger partial charge is 0.225 e. The van der Waals surface area contributed by atoms with Gasteiger partial charge in [-0.05, 0) is 38.0 Å². The van der Waals surface area contributed by atoms with Crippen LogP contribution in [0.4, 0.5) is 0 Å². The minimum Gasteiger partial charge on any atom is -0.385 e. The molecule has 0 aromatic heterocycles. The first-order chi connectivity index (χ1) is 11.5. The van der Waals surface area contributed by atoms with Crippen molar-refractivity contribution in [2.45, 2.75) is 52.5 Å². The predicted molar refractivity (Wildman–Crippen MR) is 113 cm³/mol. The molecule has 7 heteroatoms. The fourth-order valence-electron chi connectivity index (χ4n) is 3.19. The lowest BCUT2D eigenvalue weighted by Crippen LogP contribution is -2.45. The number of aliphatic imine (C=N–C) groups is 1. The van der Waals surface area contributed by atoms with Gasteiger partial charge in [0.1, 0.15) is 0 Å². The molecule has 0 radical (unpaired) electrons. The molecule has 0 aromatic carbocycles. The molecule has 146 valence electrons. The Hall–Kier alpha value is -0.570. The molecule has 1 saturated heterocycles. The number of ether oxygens (including phenoxy) is 1. The fourth-order valence-corrected chi connectivity index (χ4v) is 3.19. The Bertz CT molecular complexity index is 452. The molecule has 1 amide bonds. The number of hydrogen-bond acceptors (Lipinski definition) is 3. The number of guanidine groups is 1. The van der Waals surface area contributed by atoms with E-state index in [-0.39, 0.29) is 35.8 Å². The Morgan fingerprint density at radius 3 is 2.68 bits per heavy atom. The number of carbonyl (C=O) groups excluding carboxylic acids is 1. The van der Waals surface area contributed by atoms with Crippen molar-refractivity contribution in [1.82, 2.24) is 15.5 Å². The Morgan fingerprint density at radius 1 is 1.40 bits per heavy atom. The van der Waals surface area contributed by atoms with Crippen LogP contribution in [0, 0.1) is 11.3 Å². The molecule has 2 rings (SSSR count). The van der Waals surface area contributed by atoms with Crippen molar-refractivity contribution >= 4 is 35.8 Å². The largest absolute Gasteiger partial charge is 0.385 e. The van der Waals surface area contributed by atoms with Gasteiger partial charge in [-0.15, -0.1) is 24.0 Å². The first-order valence-electron chi connectivity index (χ1n) is 9.32. The van der Waals surface area contributed by atoms with Gasteiger partial charge in [-0.2, -0.15) is 0 Å². The van der Waals surface area contributed by atoms with Crippen molar-refractivity contribution < 1.29 is 9.53 Å². The maximum atomic E-state index is 12.1. The number of hydrogen-bond donors (Lipinski definition) is 2. The van der Waals surface area contributed by atoms with Gasteiger partial charge < -0.3 is 20.3 Å². The van der Waals surface area contributed by atoms with E-state index in [0.29, 0.717) is 11.5 Å². The number of likely N-dealkylation sites (tertiary alicyclic amines) is 1. The Morgan fingerprint density at radius 2 is 2.12 bits per heavy atom.